The Morgan fingerprint density at radius 2 is 1.75 bits per heavy atom. The Balaban J connectivity index is 1.67. The van der Waals surface area contributed by atoms with Crippen molar-refractivity contribution in [2.75, 3.05) is 39.6 Å². The fourth-order valence-corrected chi connectivity index (χ4v) is 8.92. The van der Waals surface area contributed by atoms with Gasteiger partial charge in [-0.15, -0.1) is 0 Å². The van der Waals surface area contributed by atoms with Crippen molar-refractivity contribution >= 4 is 41.0 Å². The second-order valence-electron chi connectivity index (χ2n) is 16.4. The van der Waals surface area contributed by atoms with E-state index < -0.39 is 83.4 Å². The predicted octanol–water partition coefficient (Wildman–Crippen LogP) is 5.13. The molecule has 0 bridgehead atoms. The molecule has 15 heteroatoms. The van der Waals surface area contributed by atoms with E-state index >= 15 is 0 Å². The van der Waals surface area contributed by atoms with Crippen molar-refractivity contribution in [3.63, 3.8) is 0 Å². The summed E-state index contributed by atoms with van der Waals surface area (Å²) in [4.78, 5) is 64.2. The number of halogens is 1. The number of cyclic esters (lactones) is 1. The number of hydrogen-bond donors (Lipinski definition) is 2. The van der Waals surface area contributed by atoms with Gasteiger partial charge in [-0.05, 0) is 86.0 Å². The molecule has 3 saturated heterocycles. The van der Waals surface area contributed by atoms with E-state index in [0.29, 0.717) is 43.2 Å². The molecule has 1 amide bonds. The number of hydrogen-bond acceptors (Lipinski definition) is 13. The summed E-state index contributed by atoms with van der Waals surface area (Å²) in [5.41, 5.74) is -2.66. The summed E-state index contributed by atoms with van der Waals surface area (Å²) in [6.07, 6.45) is -1.24. The minimum atomic E-state index is -1.40. The van der Waals surface area contributed by atoms with Gasteiger partial charge < -0.3 is 43.9 Å². The third kappa shape index (κ3) is 9.81. The lowest BCUT2D eigenvalue weighted by molar-refractivity contribution is -0.295. The van der Waals surface area contributed by atoms with Crippen molar-refractivity contribution in [3.8, 4) is 0 Å². The number of carbonyl (C=O) groups excluding carboxylic acids is 4. The van der Waals surface area contributed by atoms with E-state index in [1.54, 1.807) is 57.8 Å². The van der Waals surface area contributed by atoms with Crippen molar-refractivity contribution < 1.29 is 48.0 Å². The number of esters is 1. The van der Waals surface area contributed by atoms with Gasteiger partial charge in [0.1, 0.15) is 29.7 Å². The number of ketones is 2. The van der Waals surface area contributed by atoms with Crippen LogP contribution in [0.5, 0.6) is 0 Å². The molecule has 4 heterocycles. The third-order valence-corrected chi connectivity index (χ3v) is 12.2. The summed E-state index contributed by atoms with van der Waals surface area (Å²) < 4.78 is 31.1. The first-order valence-electron chi connectivity index (χ1n) is 19.6. The SMILES string of the molecule is CC[C@H]1OC(=O)[C@H](C)C(=O)[C@@H](C)[C@@H](OC2O[C@H](C)C[C@H](N(C)C)[C@H]2O)[C@](C)(OC)C[C@@H](C)C(=O)[C@H](C)[C@@H]2N(CCCCNc3ccc(Cl)cn3)C(=O)O[C@@]21C. The van der Waals surface area contributed by atoms with E-state index in [-0.39, 0.29) is 30.8 Å². The second-order valence-corrected chi connectivity index (χ2v) is 16.8. The number of fused-ring (bicyclic) bond motifs is 1. The molecule has 4 rings (SSSR count). The molecule has 310 valence electrons. The summed E-state index contributed by atoms with van der Waals surface area (Å²) in [5, 5.41) is 15.2. The largest absolute Gasteiger partial charge is 0.458 e. The zero-order valence-corrected chi connectivity index (χ0v) is 35.1. The summed E-state index contributed by atoms with van der Waals surface area (Å²) in [7, 11) is 5.23. The van der Waals surface area contributed by atoms with Gasteiger partial charge in [-0.1, -0.05) is 39.3 Å². The average Bonchev–Trinajstić information content (AvgIpc) is 3.40. The number of anilines is 1. The monoisotopic (exact) mass is 794 g/mol. The number of Topliss-reactive ketones (excluding diaryl/α,β-unsaturated/α-hetero) is 2. The van der Waals surface area contributed by atoms with E-state index in [0.717, 1.165) is 0 Å². The number of methoxy groups -OCH3 is 1. The molecule has 3 fully saturated rings. The van der Waals surface area contributed by atoms with Crippen LogP contribution < -0.4 is 5.32 Å². The van der Waals surface area contributed by atoms with Crippen LogP contribution in [0, 0.1) is 23.7 Å². The van der Waals surface area contributed by atoms with Gasteiger partial charge in [-0.2, -0.15) is 0 Å². The molecule has 0 aromatic carbocycles. The first-order valence-corrected chi connectivity index (χ1v) is 20.0. The number of aliphatic hydroxyl groups excluding tert-OH is 1. The van der Waals surface area contributed by atoms with Crippen LogP contribution >= 0.6 is 11.6 Å². The number of ether oxygens (including phenoxy) is 5. The van der Waals surface area contributed by atoms with Crippen LogP contribution in [-0.4, -0.2) is 132 Å². The van der Waals surface area contributed by atoms with Gasteiger partial charge >= 0.3 is 12.1 Å². The number of aliphatic hydroxyl groups is 1. The Morgan fingerprint density at radius 1 is 1.05 bits per heavy atom. The Bertz CT molecular complexity index is 1500. The van der Waals surface area contributed by atoms with Crippen molar-refractivity contribution in [2.45, 2.75) is 141 Å². The maximum Gasteiger partial charge on any atom is 0.410 e. The lowest BCUT2D eigenvalue weighted by atomic mass is 9.73. The van der Waals surface area contributed by atoms with Gasteiger partial charge in [0.25, 0.3) is 0 Å². The Kier molecular flexibility index (Phi) is 15.1. The van der Waals surface area contributed by atoms with Crippen LogP contribution in [0.3, 0.4) is 0 Å². The fraction of sp³-hybridized carbons (Fsp3) is 0.775. The van der Waals surface area contributed by atoms with E-state index in [1.165, 1.54) is 14.0 Å². The smallest absolute Gasteiger partial charge is 0.410 e. The predicted molar refractivity (Wildman–Crippen MR) is 207 cm³/mol. The van der Waals surface area contributed by atoms with Crippen molar-refractivity contribution in [1.29, 1.82) is 0 Å². The molecule has 0 radical (unpaired) electrons. The fourth-order valence-electron chi connectivity index (χ4n) is 8.81. The van der Waals surface area contributed by atoms with E-state index in [2.05, 4.69) is 10.3 Å². The highest BCUT2D eigenvalue weighted by Gasteiger charge is 2.60. The van der Waals surface area contributed by atoms with Gasteiger partial charge in [-0.25, -0.2) is 9.78 Å². The highest BCUT2D eigenvalue weighted by molar-refractivity contribution is 6.30. The second kappa shape index (κ2) is 18.6. The molecule has 55 heavy (non-hydrogen) atoms. The van der Waals surface area contributed by atoms with Gasteiger partial charge in [0.05, 0.1) is 28.9 Å². The molecule has 1 aromatic rings. The van der Waals surface area contributed by atoms with Crippen LogP contribution in [0.2, 0.25) is 5.02 Å². The number of unbranched alkanes of at least 4 members (excludes halogenated alkanes) is 1. The van der Waals surface area contributed by atoms with Crippen molar-refractivity contribution in [2.24, 2.45) is 23.7 Å². The maximum absolute atomic E-state index is 14.6. The number of carbonyl (C=O) groups is 4. The molecular weight excluding hydrogens is 732 g/mol. The van der Waals surface area contributed by atoms with Crippen LogP contribution in [0.25, 0.3) is 0 Å². The number of amides is 1. The Morgan fingerprint density at radius 3 is 2.35 bits per heavy atom. The number of aromatic nitrogens is 1. The zero-order chi connectivity index (χ0) is 41.0. The number of rotatable bonds is 11. The van der Waals surface area contributed by atoms with E-state index in [4.69, 9.17) is 35.3 Å². The molecule has 2 N–H and O–H groups in total. The van der Waals surface area contributed by atoms with Crippen LogP contribution in [0.4, 0.5) is 10.6 Å². The third-order valence-electron chi connectivity index (χ3n) is 12.0. The Hall–Kier alpha value is -2.88. The lowest BCUT2D eigenvalue weighted by Crippen LogP contribution is -2.60. The summed E-state index contributed by atoms with van der Waals surface area (Å²) in [6.45, 7) is 14.8. The van der Waals surface area contributed by atoms with Gasteiger partial charge in [0, 0.05) is 50.2 Å². The minimum absolute atomic E-state index is 0.128. The molecule has 1 unspecified atom stereocenters. The molecule has 0 aliphatic carbocycles. The number of likely N-dealkylation sites (N-methyl/N-ethyl adjacent to an activating group) is 1. The number of pyridine rings is 1. The average molecular weight is 795 g/mol. The van der Waals surface area contributed by atoms with Gasteiger partial charge in [0.2, 0.25) is 0 Å². The van der Waals surface area contributed by atoms with Gasteiger partial charge in [-0.3, -0.25) is 14.4 Å². The first-order chi connectivity index (χ1) is 25.8. The summed E-state index contributed by atoms with van der Waals surface area (Å²) >= 11 is 5.96. The standard InChI is InChI=1S/C40H63ClN4O10/c1-12-29-40(8)34(45(38(50)55-40)18-14-13-17-42-30-16-15-27(41)21-43-30)24(4)31(46)22(2)20-39(7,51-11)35(25(5)32(47)26(6)36(49)53-29)54-37-33(48)28(44(9)10)19-23(3)52-37/h15-16,21-26,28-29,33-35,37,48H,12-14,17-20H2,1-11H3,(H,42,43)/t22-,23-,24+,25-,26-,28+,29-,33-,34+,35-,37?,39-,40-/m1/s1. The topological polar surface area (TPSA) is 166 Å². The number of nitrogens with one attached hydrogen (secondary N) is 1. The van der Waals surface area contributed by atoms with Crippen molar-refractivity contribution in [3.05, 3.63) is 23.4 Å². The molecule has 0 spiro atoms. The van der Waals surface area contributed by atoms with E-state index in [9.17, 15) is 24.3 Å². The zero-order valence-electron chi connectivity index (χ0n) is 34.4. The van der Waals surface area contributed by atoms with Crippen LogP contribution in [-0.2, 0) is 38.1 Å². The molecule has 0 saturated carbocycles. The van der Waals surface area contributed by atoms with Crippen LogP contribution in [0.15, 0.2) is 18.3 Å². The van der Waals surface area contributed by atoms with Crippen molar-refractivity contribution in [1.82, 2.24) is 14.8 Å². The first kappa shape index (κ1) is 44.8. The summed E-state index contributed by atoms with van der Waals surface area (Å²) in [6, 6.07) is 2.46. The normalized spacial score (nSPS) is 38.0. The summed E-state index contributed by atoms with van der Waals surface area (Å²) in [5.74, 6) is -4.28. The van der Waals surface area contributed by atoms with Gasteiger partial charge in [0.15, 0.2) is 17.7 Å². The van der Waals surface area contributed by atoms with E-state index in [1.807, 2.05) is 32.8 Å². The maximum atomic E-state index is 14.6. The molecular formula is C40H63ClN4O10. The quantitative estimate of drug-likeness (QED) is 0.172. The molecule has 13 atom stereocenters. The molecule has 3 aliphatic rings. The molecule has 14 nitrogen and oxygen atoms in total. The minimum Gasteiger partial charge on any atom is -0.458 e. The highest BCUT2D eigenvalue weighted by atomic mass is 35.5. The molecule has 3 aliphatic heterocycles. The molecule has 1 aromatic heterocycles. The number of nitrogens with zero attached hydrogens (tertiary/aromatic N) is 3. The van der Waals surface area contributed by atoms with Crippen LogP contribution in [0.1, 0.15) is 87.5 Å². The Labute approximate surface area is 331 Å². The lowest BCUT2D eigenvalue weighted by Gasteiger charge is -2.47. The highest BCUT2D eigenvalue weighted by Crippen LogP contribution is 2.43.